The van der Waals surface area contributed by atoms with Gasteiger partial charge in [-0.05, 0) is 82.9 Å². The van der Waals surface area contributed by atoms with E-state index in [2.05, 4.69) is 181 Å². The average molecular weight is 716 g/mol. The Morgan fingerprint density at radius 1 is 0.327 bits per heavy atom. The van der Waals surface area contributed by atoms with Crippen LogP contribution in [0.1, 0.15) is 0 Å². The summed E-state index contributed by atoms with van der Waals surface area (Å²) in [5, 5.41) is 7.89. The molecule has 0 aliphatic rings. The highest BCUT2D eigenvalue weighted by molar-refractivity contribution is 7.27. The molecule has 52 heavy (non-hydrogen) atoms. The van der Waals surface area contributed by atoms with Crippen molar-refractivity contribution in [1.29, 1.82) is 0 Å². The van der Waals surface area contributed by atoms with Gasteiger partial charge in [0.2, 0.25) is 0 Å². The van der Waals surface area contributed by atoms with Gasteiger partial charge in [-0.1, -0.05) is 115 Å². The molecule has 244 valence electrons. The Labute approximate surface area is 312 Å². The minimum atomic E-state index is 1.13. The molecule has 0 aliphatic heterocycles. The molecule has 0 saturated heterocycles. The number of hydrogen-bond acceptors (Lipinski definition) is 4. The molecule has 0 radical (unpaired) electrons. The lowest BCUT2D eigenvalue weighted by molar-refractivity contribution is 1.30. The molecular formula is C48H29NS3. The lowest BCUT2D eigenvalue weighted by Crippen LogP contribution is -2.10. The maximum Gasteiger partial charge on any atom is 0.0554 e. The minimum absolute atomic E-state index is 1.13. The van der Waals surface area contributed by atoms with Gasteiger partial charge < -0.3 is 4.90 Å². The Morgan fingerprint density at radius 3 is 1.75 bits per heavy atom. The summed E-state index contributed by atoms with van der Waals surface area (Å²) in [6.45, 7) is 0. The second kappa shape index (κ2) is 11.9. The molecule has 0 spiro atoms. The van der Waals surface area contributed by atoms with E-state index < -0.39 is 0 Å². The molecule has 0 unspecified atom stereocenters. The molecule has 11 rings (SSSR count). The molecule has 11 aromatic rings. The first-order valence-corrected chi connectivity index (χ1v) is 19.9. The predicted octanol–water partition coefficient (Wildman–Crippen LogP) is 15.6. The number of nitrogens with zero attached hydrogens (tertiary/aromatic N) is 1. The molecular weight excluding hydrogens is 687 g/mol. The van der Waals surface area contributed by atoms with E-state index in [0.29, 0.717) is 0 Å². The fraction of sp³-hybridized carbons (Fsp3) is 0. The van der Waals surface area contributed by atoms with E-state index in [1.165, 1.54) is 88.5 Å². The van der Waals surface area contributed by atoms with Crippen molar-refractivity contribution in [3.05, 3.63) is 176 Å². The van der Waals surface area contributed by atoms with Gasteiger partial charge in [0, 0.05) is 71.9 Å². The second-order valence-corrected chi connectivity index (χ2v) is 16.5. The van der Waals surface area contributed by atoms with Crippen LogP contribution in [0, 0.1) is 0 Å². The van der Waals surface area contributed by atoms with E-state index in [1.54, 1.807) is 0 Å². The monoisotopic (exact) mass is 715 g/mol. The van der Waals surface area contributed by atoms with E-state index in [-0.39, 0.29) is 0 Å². The van der Waals surface area contributed by atoms with Crippen molar-refractivity contribution >= 4 is 112 Å². The number of fused-ring (bicyclic) bond motifs is 9. The number of rotatable bonds is 5. The summed E-state index contributed by atoms with van der Waals surface area (Å²) in [6.07, 6.45) is 0. The third kappa shape index (κ3) is 4.72. The standard InChI is InChI=1S/C48H29NS3/c1-4-18-42-36(12-1)38-27-24-31(29-46(38)51-42)30-22-25-33(26-23-30)49(41-17-9-21-45-47(41)40-14-3-6-20-44(40)50-45)34-11-7-10-32(28-34)35-15-8-16-39-37-13-2-5-19-43(37)52-48(35)39/h1-29H. The molecule has 0 N–H and O–H groups in total. The summed E-state index contributed by atoms with van der Waals surface area (Å²) >= 11 is 5.62. The zero-order chi connectivity index (χ0) is 34.2. The van der Waals surface area contributed by atoms with E-state index in [9.17, 15) is 0 Å². The molecule has 0 aliphatic carbocycles. The molecule has 3 heterocycles. The number of thiophene rings is 3. The molecule has 3 aromatic heterocycles. The van der Waals surface area contributed by atoms with Crippen molar-refractivity contribution in [2.75, 3.05) is 4.90 Å². The molecule has 1 nitrogen and oxygen atoms in total. The zero-order valence-corrected chi connectivity index (χ0v) is 30.4. The van der Waals surface area contributed by atoms with Crippen LogP contribution in [0.3, 0.4) is 0 Å². The highest BCUT2D eigenvalue weighted by atomic mass is 32.1. The van der Waals surface area contributed by atoms with Gasteiger partial charge in [0.25, 0.3) is 0 Å². The topological polar surface area (TPSA) is 3.24 Å². The van der Waals surface area contributed by atoms with Crippen LogP contribution in [0.25, 0.3) is 82.8 Å². The first kappa shape index (κ1) is 29.9. The van der Waals surface area contributed by atoms with Gasteiger partial charge in [-0.2, -0.15) is 0 Å². The molecule has 4 heteroatoms. The fourth-order valence-corrected chi connectivity index (χ4v) is 11.4. The lowest BCUT2D eigenvalue weighted by Gasteiger charge is -2.27. The van der Waals surface area contributed by atoms with Crippen LogP contribution in [0.4, 0.5) is 17.1 Å². The van der Waals surface area contributed by atoms with Crippen molar-refractivity contribution in [2.45, 2.75) is 0 Å². The summed E-state index contributed by atoms with van der Waals surface area (Å²) < 4.78 is 7.92. The normalized spacial score (nSPS) is 11.8. The molecule has 0 bridgehead atoms. The van der Waals surface area contributed by atoms with E-state index in [4.69, 9.17) is 0 Å². The Hall–Kier alpha value is -5.78. The van der Waals surface area contributed by atoms with Gasteiger partial charge >= 0.3 is 0 Å². The second-order valence-electron chi connectivity index (χ2n) is 13.3. The Kier molecular flexibility index (Phi) is 6.84. The first-order valence-electron chi connectivity index (χ1n) is 17.5. The third-order valence-corrected chi connectivity index (χ3v) is 13.8. The number of benzene rings is 8. The fourth-order valence-electron chi connectivity index (χ4n) is 7.86. The van der Waals surface area contributed by atoms with Crippen molar-refractivity contribution < 1.29 is 0 Å². The third-order valence-electron chi connectivity index (χ3n) is 10.3. The lowest BCUT2D eigenvalue weighted by atomic mass is 10.0. The van der Waals surface area contributed by atoms with Crippen molar-refractivity contribution in [1.82, 2.24) is 0 Å². The highest BCUT2D eigenvalue weighted by Crippen LogP contribution is 2.47. The largest absolute Gasteiger partial charge is 0.310 e. The van der Waals surface area contributed by atoms with Gasteiger partial charge in [-0.25, -0.2) is 0 Å². The SMILES string of the molecule is c1cc(-c2cccc3c2sc2ccccc23)cc(N(c2ccc(-c3ccc4c(c3)sc3ccccc34)cc2)c2cccc3sc4ccccc4c23)c1. The summed E-state index contributed by atoms with van der Waals surface area (Å²) in [5.74, 6) is 0. The molecule has 0 amide bonds. The van der Waals surface area contributed by atoms with Crippen LogP contribution in [0.2, 0.25) is 0 Å². The molecule has 0 fully saturated rings. The Morgan fingerprint density at radius 2 is 0.923 bits per heavy atom. The Balaban J connectivity index is 1.08. The van der Waals surface area contributed by atoms with Gasteiger partial charge in [-0.15, -0.1) is 34.0 Å². The van der Waals surface area contributed by atoms with Crippen molar-refractivity contribution in [3.63, 3.8) is 0 Å². The van der Waals surface area contributed by atoms with Gasteiger partial charge in [-0.3, -0.25) is 0 Å². The Bertz CT molecular complexity index is 3140. The van der Waals surface area contributed by atoms with E-state index in [0.717, 1.165) is 11.4 Å². The quantitative estimate of drug-likeness (QED) is 0.171. The van der Waals surface area contributed by atoms with Crippen LogP contribution in [-0.4, -0.2) is 0 Å². The minimum Gasteiger partial charge on any atom is -0.310 e. The van der Waals surface area contributed by atoms with Gasteiger partial charge in [0.05, 0.1) is 5.69 Å². The maximum atomic E-state index is 2.45. The van der Waals surface area contributed by atoms with Crippen LogP contribution in [-0.2, 0) is 0 Å². The van der Waals surface area contributed by atoms with Gasteiger partial charge in [0.15, 0.2) is 0 Å². The summed E-state index contributed by atoms with van der Waals surface area (Å²) in [6, 6.07) is 64.9. The van der Waals surface area contributed by atoms with Crippen molar-refractivity contribution in [2.24, 2.45) is 0 Å². The predicted molar refractivity (Wildman–Crippen MR) is 231 cm³/mol. The smallest absolute Gasteiger partial charge is 0.0554 e. The van der Waals surface area contributed by atoms with Crippen LogP contribution >= 0.6 is 34.0 Å². The van der Waals surface area contributed by atoms with E-state index >= 15 is 0 Å². The zero-order valence-electron chi connectivity index (χ0n) is 27.9. The highest BCUT2D eigenvalue weighted by Gasteiger charge is 2.20. The molecule has 8 aromatic carbocycles. The van der Waals surface area contributed by atoms with Crippen LogP contribution in [0.15, 0.2) is 176 Å². The summed E-state index contributed by atoms with van der Waals surface area (Å²) in [7, 11) is 0. The number of hydrogen-bond donors (Lipinski definition) is 0. The molecule has 0 atom stereocenters. The summed E-state index contributed by atoms with van der Waals surface area (Å²) in [4.78, 5) is 2.45. The van der Waals surface area contributed by atoms with Crippen LogP contribution < -0.4 is 4.90 Å². The maximum absolute atomic E-state index is 2.45. The molecule has 0 saturated carbocycles. The van der Waals surface area contributed by atoms with Crippen LogP contribution in [0.5, 0.6) is 0 Å². The number of anilines is 3. The first-order chi connectivity index (χ1) is 25.8. The van der Waals surface area contributed by atoms with E-state index in [1.807, 2.05) is 34.0 Å². The van der Waals surface area contributed by atoms with Crippen molar-refractivity contribution in [3.8, 4) is 22.3 Å². The average Bonchev–Trinajstić information content (AvgIpc) is 3.90. The van der Waals surface area contributed by atoms with Gasteiger partial charge in [0.1, 0.15) is 0 Å². The summed E-state index contributed by atoms with van der Waals surface area (Å²) in [5.41, 5.74) is 8.40.